The van der Waals surface area contributed by atoms with Crippen LogP contribution < -0.4 is 0 Å². The van der Waals surface area contributed by atoms with Crippen LogP contribution in [0.25, 0.3) is 16.5 Å². The second-order valence-corrected chi connectivity index (χ2v) is 9.76. The predicted molar refractivity (Wildman–Crippen MR) is 77.5 cm³/mol. The van der Waals surface area contributed by atoms with Gasteiger partial charge in [-0.3, -0.25) is 0 Å². The topological polar surface area (TPSA) is 9.23 Å². The van der Waals surface area contributed by atoms with E-state index in [4.69, 9.17) is 4.43 Å². The SMILES string of the molecule is C[Si](C)(C)OC(=C(F)F)c1cccc2ccccc12. The Kier molecular flexibility index (Phi) is 3.71. The Morgan fingerprint density at radius 1 is 0.947 bits per heavy atom. The number of benzene rings is 2. The van der Waals surface area contributed by atoms with E-state index in [1.54, 1.807) is 12.1 Å². The maximum Gasteiger partial charge on any atom is 0.311 e. The maximum atomic E-state index is 13.2. The van der Waals surface area contributed by atoms with Crippen molar-refractivity contribution in [3.05, 3.63) is 54.1 Å². The summed E-state index contributed by atoms with van der Waals surface area (Å²) in [5.41, 5.74) is 0.459. The summed E-state index contributed by atoms with van der Waals surface area (Å²) in [5, 5.41) is 1.71. The second-order valence-electron chi connectivity index (χ2n) is 5.33. The molecule has 0 saturated carbocycles. The van der Waals surface area contributed by atoms with Gasteiger partial charge >= 0.3 is 6.08 Å². The minimum Gasteiger partial charge on any atom is -0.540 e. The quantitative estimate of drug-likeness (QED) is 0.550. The molecule has 0 aromatic heterocycles. The summed E-state index contributed by atoms with van der Waals surface area (Å²) in [7, 11) is -2.09. The fourth-order valence-electron chi connectivity index (χ4n) is 1.92. The molecule has 0 aliphatic heterocycles. The third-order valence-corrected chi connectivity index (χ3v) is 3.43. The molecule has 0 aliphatic carbocycles. The number of fused-ring (bicyclic) bond motifs is 1. The van der Waals surface area contributed by atoms with Crippen molar-refractivity contribution < 1.29 is 13.2 Å². The lowest BCUT2D eigenvalue weighted by molar-refractivity contribution is 0.384. The van der Waals surface area contributed by atoms with E-state index in [-0.39, 0.29) is 5.76 Å². The molecule has 0 radical (unpaired) electrons. The number of rotatable bonds is 3. The van der Waals surface area contributed by atoms with Crippen molar-refractivity contribution in [3.63, 3.8) is 0 Å². The molecule has 0 heterocycles. The van der Waals surface area contributed by atoms with Gasteiger partial charge in [-0.1, -0.05) is 42.5 Å². The summed E-state index contributed by atoms with van der Waals surface area (Å²) in [6.07, 6.45) is -1.77. The fraction of sp³-hybridized carbons (Fsp3) is 0.200. The first-order valence-corrected chi connectivity index (χ1v) is 9.52. The molecule has 0 fully saturated rings. The maximum absolute atomic E-state index is 13.2. The molecule has 0 bridgehead atoms. The Labute approximate surface area is 112 Å². The van der Waals surface area contributed by atoms with Crippen molar-refractivity contribution >= 4 is 24.8 Å². The van der Waals surface area contributed by atoms with Gasteiger partial charge in [-0.05, 0) is 30.4 Å². The van der Waals surface area contributed by atoms with Crippen LogP contribution in [0.15, 0.2) is 48.5 Å². The Hall–Kier alpha value is -1.68. The molecule has 0 unspecified atom stereocenters. The van der Waals surface area contributed by atoms with Crippen molar-refractivity contribution in [2.24, 2.45) is 0 Å². The molecule has 1 nitrogen and oxygen atoms in total. The van der Waals surface area contributed by atoms with E-state index in [9.17, 15) is 8.78 Å². The summed E-state index contributed by atoms with van der Waals surface area (Å²) in [4.78, 5) is 0. The van der Waals surface area contributed by atoms with Crippen LogP contribution in [0.2, 0.25) is 19.6 Å². The van der Waals surface area contributed by atoms with Crippen molar-refractivity contribution in [1.82, 2.24) is 0 Å². The van der Waals surface area contributed by atoms with Crippen LogP contribution in [0.3, 0.4) is 0 Å². The molecule has 4 heteroatoms. The van der Waals surface area contributed by atoms with Gasteiger partial charge in [0.2, 0.25) is 8.32 Å². The van der Waals surface area contributed by atoms with Gasteiger partial charge in [-0.25, -0.2) is 0 Å². The Balaban J connectivity index is 2.61. The van der Waals surface area contributed by atoms with Crippen molar-refractivity contribution in [2.45, 2.75) is 19.6 Å². The smallest absolute Gasteiger partial charge is 0.311 e. The standard InChI is InChI=1S/C15H16F2OSi/c1-19(2,3)18-14(15(16)17)13-10-6-8-11-7-4-5-9-12(11)13/h4-10H,1-3H3. The molecular formula is C15H16F2OSi. The molecule has 0 atom stereocenters. The molecule has 0 aliphatic rings. The Morgan fingerprint density at radius 3 is 2.21 bits per heavy atom. The fourth-order valence-corrected chi connectivity index (χ4v) is 2.72. The average Bonchev–Trinajstić information content (AvgIpc) is 2.34. The second kappa shape index (κ2) is 5.13. The zero-order valence-corrected chi connectivity index (χ0v) is 12.2. The van der Waals surface area contributed by atoms with Gasteiger partial charge < -0.3 is 4.43 Å². The van der Waals surface area contributed by atoms with E-state index < -0.39 is 14.4 Å². The van der Waals surface area contributed by atoms with Gasteiger partial charge in [0.1, 0.15) is 0 Å². The van der Waals surface area contributed by atoms with Crippen LogP contribution in [-0.4, -0.2) is 8.32 Å². The number of halogens is 2. The number of hydrogen-bond acceptors (Lipinski definition) is 1. The van der Waals surface area contributed by atoms with E-state index in [1.165, 1.54) is 0 Å². The van der Waals surface area contributed by atoms with E-state index in [2.05, 4.69) is 0 Å². The molecule has 0 spiro atoms. The highest BCUT2D eigenvalue weighted by atomic mass is 28.4. The van der Waals surface area contributed by atoms with Crippen molar-refractivity contribution in [3.8, 4) is 0 Å². The van der Waals surface area contributed by atoms with Gasteiger partial charge in [0.25, 0.3) is 0 Å². The summed E-state index contributed by atoms with van der Waals surface area (Å²) in [5.74, 6) is -0.282. The molecule has 2 rings (SSSR count). The third kappa shape index (κ3) is 3.20. The Bertz CT molecular complexity index is 620. The summed E-state index contributed by atoms with van der Waals surface area (Å²) >= 11 is 0. The monoisotopic (exact) mass is 278 g/mol. The van der Waals surface area contributed by atoms with Crippen molar-refractivity contribution in [1.29, 1.82) is 0 Å². The molecule has 0 saturated heterocycles. The highest BCUT2D eigenvalue weighted by Gasteiger charge is 2.23. The summed E-state index contributed by atoms with van der Waals surface area (Å²) in [6.45, 7) is 5.67. The largest absolute Gasteiger partial charge is 0.540 e. The van der Waals surface area contributed by atoms with Crippen LogP contribution in [0.5, 0.6) is 0 Å². The van der Waals surface area contributed by atoms with Crippen LogP contribution in [0.1, 0.15) is 5.56 Å². The highest BCUT2D eigenvalue weighted by Crippen LogP contribution is 2.31. The molecule has 19 heavy (non-hydrogen) atoms. The lowest BCUT2D eigenvalue weighted by Gasteiger charge is -2.22. The van der Waals surface area contributed by atoms with Gasteiger partial charge in [0, 0.05) is 5.56 Å². The zero-order chi connectivity index (χ0) is 14.0. The van der Waals surface area contributed by atoms with E-state index in [1.807, 2.05) is 50.0 Å². The minimum absolute atomic E-state index is 0.282. The molecule has 100 valence electrons. The van der Waals surface area contributed by atoms with Crippen molar-refractivity contribution in [2.75, 3.05) is 0 Å². The first-order valence-electron chi connectivity index (χ1n) is 6.11. The third-order valence-electron chi connectivity index (χ3n) is 2.61. The summed E-state index contributed by atoms with van der Waals surface area (Å²) in [6, 6.07) is 12.8. The van der Waals surface area contributed by atoms with E-state index in [0.717, 1.165) is 10.8 Å². The summed E-state index contributed by atoms with van der Waals surface area (Å²) < 4.78 is 32.0. The molecular weight excluding hydrogens is 262 g/mol. The highest BCUT2D eigenvalue weighted by molar-refractivity contribution is 6.70. The van der Waals surface area contributed by atoms with Crippen LogP contribution >= 0.6 is 0 Å². The average molecular weight is 278 g/mol. The Morgan fingerprint density at radius 2 is 1.58 bits per heavy atom. The van der Waals surface area contributed by atoms with E-state index >= 15 is 0 Å². The predicted octanol–water partition coefficient (Wildman–Crippen LogP) is 5.26. The zero-order valence-electron chi connectivity index (χ0n) is 11.2. The first-order chi connectivity index (χ1) is 8.88. The molecule has 0 N–H and O–H groups in total. The van der Waals surface area contributed by atoms with Gasteiger partial charge in [0.05, 0.1) is 0 Å². The molecule has 0 amide bonds. The molecule has 2 aromatic carbocycles. The van der Waals surface area contributed by atoms with Gasteiger partial charge in [0.15, 0.2) is 5.76 Å². The normalized spacial score (nSPS) is 11.4. The van der Waals surface area contributed by atoms with Crippen LogP contribution in [-0.2, 0) is 4.43 Å². The lowest BCUT2D eigenvalue weighted by Crippen LogP contribution is -2.24. The number of hydrogen-bond donors (Lipinski definition) is 0. The first kappa shape index (κ1) is 13.7. The van der Waals surface area contributed by atoms with Gasteiger partial charge in [-0.15, -0.1) is 0 Å². The van der Waals surface area contributed by atoms with Crippen LogP contribution in [0.4, 0.5) is 8.78 Å². The lowest BCUT2D eigenvalue weighted by atomic mass is 10.0. The van der Waals surface area contributed by atoms with Gasteiger partial charge in [-0.2, -0.15) is 8.78 Å². The van der Waals surface area contributed by atoms with E-state index in [0.29, 0.717) is 5.56 Å². The van der Waals surface area contributed by atoms with Crippen LogP contribution in [0, 0.1) is 0 Å². The molecule has 2 aromatic rings. The minimum atomic E-state index is -2.09.